The molecule has 1 aliphatic heterocycles. The number of ether oxygens (including phenoxy) is 1. The normalized spacial score (nSPS) is 16.3. The lowest BCUT2D eigenvalue weighted by Gasteiger charge is -2.29. The number of halogens is 3. The average molecular weight is 316 g/mol. The summed E-state index contributed by atoms with van der Waals surface area (Å²) in [6.07, 6.45) is 0. The van der Waals surface area contributed by atoms with Crippen LogP contribution in [0.25, 0.3) is 0 Å². The van der Waals surface area contributed by atoms with E-state index in [4.69, 9.17) is 4.74 Å². The second kappa shape index (κ2) is 6.78. The Hall–Kier alpha value is -2.09. The zero-order valence-corrected chi connectivity index (χ0v) is 11.9. The van der Waals surface area contributed by atoms with E-state index in [9.17, 15) is 22.8 Å². The van der Waals surface area contributed by atoms with Crippen LogP contribution in [0, 0.1) is 17.5 Å². The first kappa shape index (κ1) is 16.3. The minimum absolute atomic E-state index is 0.377. The van der Waals surface area contributed by atoms with E-state index >= 15 is 0 Å². The molecule has 2 amide bonds. The topological polar surface area (TPSA) is 58.6 Å². The van der Waals surface area contributed by atoms with Crippen molar-refractivity contribution in [1.29, 1.82) is 0 Å². The van der Waals surface area contributed by atoms with E-state index in [2.05, 4.69) is 5.32 Å². The van der Waals surface area contributed by atoms with Gasteiger partial charge >= 0.3 is 0 Å². The number of nitrogens with zero attached hydrogens (tertiary/aromatic N) is 1. The van der Waals surface area contributed by atoms with Crippen molar-refractivity contribution < 1.29 is 27.5 Å². The van der Waals surface area contributed by atoms with Crippen molar-refractivity contribution in [3.05, 3.63) is 35.1 Å². The second-order valence-corrected chi connectivity index (χ2v) is 4.85. The number of hydrogen-bond acceptors (Lipinski definition) is 3. The number of benzene rings is 1. The van der Waals surface area contributed by atoms with Gasteiger partial charge in [0.15, 0.2) is 11.6 Å². The molecule has 0 aromatic heterocycles. The third kappa shape index (κ3) is 3.38. The van der Waals surface area contributed by atoms with Crippen LogP contribution in [0.3, 0.4) is 0 Å². The molecule has 1 aromatic carbocycles. The number of carbonyl (C=O) groups excluding carboxylic acids is 2. The van der Waals surface area contributed by atoms with E-state index < -0.39 is 40.9 Å². The summed E-state index contributed by atoms with van der Waals surface area (Å²) in [7, 11) is 0. The van der Waals surface area contributed by atoms with E-state index in [0.29, 0.717) is 38.4 Å². The van der Waals surface area contributed by atoms with Gasteiger partial charge in [0.2, 0.25) is 5.91 Å². The number of rotatable bonds is 3. The zero-order chi connectivity index (χ0) is 16.3. The van der Waals surface area contributed by atoms with Crippen LogP contribution >= 0.6 is 0 Å². The smallest absolute Gasteiger partial charge is 0.258 e. The molecule has 0 radical (unpaired) electrons. The van der Waals surface area contributed by atoms with Gasteiger partial charge in [0.05, 0.1) is 13.2 Å². The number of nitrogens with one attached hydrogen (secondary N) is 1. The molecule has 0 spiro atoms. The highest BCUT2D eigenvalue weighted by Gasteiger charge is 2.27. The Morgan fingerprint density at radius 3 is 2.41 bits per heavy atom. The van der Waals surface area contributed by atoms with Crippen molar-refractivity contribution in [1.82, 2.24) is 10.2 Å². The van der Waals surface area contributed by atoms with Crippen LogP contribution in [0.2, 0.25) is 0 Å². The molecule has 1 N–H and O–H groups in total. The maximum atomic E-state index is 13.5. The van der Waals surface area contributed by atoms with Crippen molar-refractivity contribution in [3.8, 4) is 0 Å². The summed E-state index contributed by atoms with van der Waals surface area (Å²) in [6, 6.07) is 0.249. The quantitative estimate of drug-likeness (QED) is 0.849. The molecule has 120 valence electrons. The average Bonchev–Trinajstić information content (AvgIpc) is 2.51. The number of morpholine rings is 1. The second-order valence-electron chi connectivity index (χ2n) is 4.85. The number of carbonyl (C=O) groups is 2. The molecule has 0 unspecified atom stereocenters. The first-order valence-corrected chi connectivity index (χ1v) is 6.72. The highest BCUT2D eigenvalue weighted by Crippen LogP contribution is 2.16. The Kier molecular flexibility index (Phi) is 5.02. The molecule has 1 fully saturated rings. The number of hydrogen-bond donors (Lipinski definition) is 1. The Morgan fingerprint density at radius 2 is 1.77 bits per heavy atom. The van der Waals surface area contributed by atoms with Gasteiger partial charge in [0.1, 0.15) is 17.4 Å². The summed E-state index contributed by atoms with van der Waals surface area (Å²) in [5.41, 5.74) is -1.04. The summed E-state index contributed by atoms with van der Waals surface area (Å²) < 4.78 is 45.2. The van der Waals surface area contributed by atoms with Gasteiger partial charge in [-0.05, 0) is 19.1 Å². The van der Waals surface area contributed by atoms with Crippen LogP contribution in [0.4, 0.5) is 13.2 Å². The van der Waals surface area contributed by atoms with E-state index in [1.165, 1.54) is 11.8 Å². The van der Waals surface area contributed by atoms with E-state index in [-0.39, 0.29) is 0 Å². The van der Waals surface area contributed by atoms with Crippen LogP contribution in [-0.2, 0) is 9.53 Å². The molecule has 1 aliphatic rings. The Bertz CT molecular complexity index is 589. The van der Waals surface area contributed by atoms with Crippen molar-refractivity contribution in [3.63, 3.8) is 0 Å². The molecule has 0 saturated carbocycles. The molecule has 1 atom stereocenters. The van der Waals surface area contributed by atoms with Crippen molar-refractivity contribution in [2.45, 2.75) is 13.0 Å². The molecule has 1 aromatic rings. The Morgan fingerprint density at radius 1 is 1.18 bits per heavy atom. The van der Waals surface area contributed by atoms with Gasteiger partial charge in [-0.1, -0.05) is 0 Å². The van der Waals surface area contributed by atoms with Gasteiger partial charge < -0.3 is 15.0 Å². The molecule has 5 nitrogen and oxygen atoms in total. The lowest BCUT2D eigenvalue weighted by molar-refractivity contribution is -0.136. The van der Waals surface area contributed by atoms with Crippen molar-refractivity contribution >= 4 is 11.8 Å². The molecule has 0 aliphatic carbocycles. The van der Waals surface area contributed by atoms with Crippen LogP contribution < -0.4 is 5.32 Å². The Labute approximate surface area is 125 Å². The fourth-order valence-corrected chi connectivity index (χ4v) is 2.12. The highest BCUT2D eigenvalue weighted by atomic mass is 19.2. The standard InChI is InChI=1S/C14H15F3N2O3/c1-8(14(21)19-4-6-22-7-5-19)18-13(20)11-9(15)2-3-10(16)12(11)17/h2-3,8H,4-7H2,1H3,(H,18,20)/t8-/m1/s1. The van der Waals surface area contributed by atoms with Gasteiger partial charge in [-0.3, -0.25) is 9.59 Å². The van der Waals surface area contributed by atoms with E-state index in [1.807, 2.05) is 0 Å². The van der Waals surface area contributed by atoms with Crippen LogP contribution in [0.1, 0.15) is 17.3 Å². The number of amides is 2. The molecule has 1 saturated heterocycles. The van der Waals surface area contributed by atoms with Crippen LogP contribution in [-0.4, -0.2) is 49.1 Å². The van der Waals surface area contributed by atoms with Crippen molar-refractivity contribution in [2.75, 3.05) is 26.3 Å². The molecule has 1 heterocycles. The summed E-state index contributed by atoms with van der Waals surface area (Å²) in [4.78, 5) is 25.5. The summed E-state index contributed by atoms with van der Waals surface area (Å²) in [5, 5.41) is 2.18. The molecular weight excluding hydrogens is 301 g/mol. The summed E-state index contributed by atoms with van der Waals surface area (Å²) >= 11 is 0. The molecular formula is C14H15F3N2O3. The van der Waals surface area contributed by atoms with Gasteiger partial charge in [-0.25, -0.2) is 13.2 Å². The first-order chi connectivity index (χ1) is 10.4. The summed E-state index contributed by atoms with van der Waals surface area (Å²) in [5.74, 6) is -5.68. The lowest BCUT2D eigenvalue weighted by atomic mass is 10.1. The predicted molar refractivity (Wildman–Crippen MR) is 70.6 cm³/mol. The first-order valence-electron chi connectivity index (χ1n) is 6.72. The lowest BCUT2D eigenvalue weighted by Crippen LogP contribution is -2.50. The maximum Gasteiger partial charge on any atom is 0.258 e. The SMILES string of the molecule is C[C@@H](NC(=O)c1c(F)ccc(F)c1F)C(=O)N1CCOCC1. The predicted octanol–water partition coefficient (Wildman–Crippen LogP) is 1.08. The third-order valence-electron chi connectivity index (χ3n) is 3.31. The van der Waals surface area contributed by atoms with E-state index in [0.717, 1.165) is 0 Å². The van der Waals surface area contributed by atoms with Gasteiger partial charge in [-0.2, -0.15) is 0 Å². The Balaban J connectivity index is 2.08. The molecule has 2 rings (SSSR count). The fourth-order valence-electron chi connectivity index (χ4n) is 2.12. The van der Waals surface area contributed by atoms with E-state index in [1.54, 1.807) is 0 Å². The van der Waals surface area contributed by atoms with Gasteiger partial charge in [0.25, 0.3) is 5.91 Å². The summed E-state index contributed by atoms with van der Waals surface area (Å²) in [6.45, 7) is 2.92. The third-order valence-corrected chi connectivity index (χ3v) is 3.31. The maximum absolute atomic E-state index is 13.5. The van der Waals surface area contributed by atoms with Crippen LogP contribution in [0.5, 0.6) is 0 Å². The van der Waals surface area contributed by atoms with Crippen LogP contribution in [0.15, 0.2) is 12.1 Å². The highest BCUT2D eigenvalue weighted by molar-refractivity contribution is 5.97. The fraction of sp³-hybridized carbons (Fsp3) is 0.429. The molecule has 22 heavy (non-hydrogen) atoms. The molecule has 8 heteroatoms. The zero-order valence-electron chi connectivity index (χ0n) is 11.9. The largest absolute Gasteiger partial charge is 0.378 e. The van der Waals surface area contributed by atoms with Gasteiger partial charge in [-0.15, -0.1) is 0 Å². The molecule has 0 bridgehead atoms. The van der Waals surface area contributed by atoms with Crippen molar-refractivity contribution in [2.24, 2.45) is 0 Å². The minimum atomic E-state index is -1.58. The minimum Gasteiger partial charge on any atom is -0.378 e. The monoisotopic (exact) mass is 316 g/mol. The van der Waals surface area contributed by atoms with Gasteiger partial charge in [0, 0.05) is 13.1 Å².